The number of carbonyl (C=O) groups excluding carboxylic acids is 3. The Kier molecular flexibility index (Phi) is 4.70. The molecule has 9 nitrogen and oxygen atoms in total. The van der Waals surface area contributed by atoms with Crippen molar-refractivity contribution in [1.29, 1.82) is 0 Å². The molecule has 0 bridgehead atoms. The Morgan fingerprint density at radius 2 is 2.07 bits per heavy atom. The van der Waals surface area contributed by atoms with Crippen LogP contribution in [0.5, 0.6) is 0 Å². The molecule has 1 aromatic carbocycles. The van der Waals surface area contributed by atoms with Crippen LogP contribution in [0.3, 0.4) is 0 Å². The van der Waals surface area contributed by atoms with Gasteiger partial charge in [-0.25, -0.2) is 9.79 Å². The van der Waals surface area contributed by atoms with Gasteiger partial charge in [-0.3, -0.25) is 19.4 Å². The van der Waals surface area contributed by atoms with E-state index in [0.29, 0.717) is 11.0 Å². The van der Waals surface area contributed by atoms with Crippen molar-refractivity contribution in [2.45, 2.75) is 26.1 Å². The van der Waals surface area contributed by atoms with Crippen molar-refractivity contribution in [3.8, 4) is 0 Å². The second-order valence-electron chi connectivity index (χ2n) is 6.90. The van der Waals surface area contributed by atoms with Crippen LogP contribution in [0.15, 0.2) is 41.2 Å². The topological polar surface area (TPSA) is 85.8 Å². The normalized spacial score (nSPS) is 23.2. The summed E-state index contributed by atoms with van der Waals surface area (Å²) < 4.78 is 4.90. The van der Waals surface area contributed by atoms with Gasteiger partial charge in [-0.05, 0) is 32.0 Å². The molecule has 3 aliphatic heterocycles. The van der Waals surface area contributed by atoms with Gasteiger partial charge in [0.1, 0.15) is 6.54 Å². The lowest BCUT2D eigenvalue weighted by Crippen LogP contribution is -2.65. The van der Waals surface area contributed by atoms with Gasteiger partial charge in [0.2, 0.25) is 5.96 Å². The molecule has 0 radical (unpaired) electrons. The van der Waals surface area contributed by atoms with Crippen molar-refractivity contribution in [2.75, 3.05) is 25.1 Å². The third kappa shape index (κ3) is 3.02. The number of urea groups is 1. The Labute approximate surface area is 172 Å². The van der Waals surface area contributed by atoms with Crippen LogP contribution in [0.25, 0.3) is 0 Å². The molecule has 1 aromatic rings. The van der Waals surface area contributed by atoms with Gasteiger partial charge in [-0.15, -0.1) is 0 Å². The number of rotatable bonds is 4. The van der Waals surface area contributed by atoms with Crippen molar-refractivity contribution in [3.63, 3.8) is 0 Å². The molecule has 0 saturated carbocycles. The fourth-order valence-electron chi connectivity index (χ4n) is 3.77. The van der Waals surface area contributed by atoms with E-state index in [0.717, 1.165) is 16.3 Å². The summed E-state index contributed by atoms with van der Waals surface area (Å²) in [6, 6.07) is 5.97. The first-order valence-electron chi connectivity index (χ1n) is 9.17. The molecule has 1 saturated heterocycles. The molecule has 2 atom stereocenters. The molecule has 0 aliphatic carbocycles. The Morgan fingerprint density at radius 3 is 2.76 bits per heavy atom. The Bertz CT molecular complexity index is 962. The SMILES string of the molecule is CCOC(=O)CN1C(=O)C2C(N=C3N(c4cccc(Cl)c4)C(C)=CN32)N(C)C1=O. The number of aliphatic imine (C=N–C) groups is 1. The first-order chi connectivity index (χ1) is 13.8. The lowest BCUT2D eigenvalue weighted by molar-refractivity contribution is -0.150. The lowest BCUT2D eigenvalue weighted by Gasteiger charge is -2.39. The van der Waals surface area contributed by atoms with E-state index in [-0.39, 0.29) is 6.61 Å². The molecule has 3 aliphatic rings. The summed E-state index contributed by atoms with van der Waals surface area (Å²) >= 11 is 6.14. The molecule has 152 valence electrons. The molecule has 0 aromatic heterocycles. The number of amides is 3. The average molecular weight is 418 g/mol. The van der Waals surface area contributed by atoms with Crippen LogP contribution in [0.1, 0.15) is 13.8 Å². The van der Waals surface area contributed by atoms with E-state index in [2.05, 4.69) is 4.99 Å². The zero-order valence-electron chi connectivity index (χ0n) is 16.2. The van der Waals surface area contributed by atoms with Gasteiger partial charge in [0, 0.05) is 24.0 Å². The molecule has 10 heteroatoms. The molecule has 3 amide bonds. The van der Waals surface area contributed by atoms with Gasteiger partial charge >= 0.3 is 12.0 Å². The quantitative estimate of drug-likeness (QED) is 0.695. The van der Waals surface area contributed by atoms with Crippen molar-refractivity contribution in [3.05, 3.63) is 41.2 Å². The smallest absolute Gasteiger partial charge is 0.328 e. The van der Waals surface area contributed by atoms with E-state index in [1.165, 1.54) is 4.90 Å². The summed E-state index contributed by atoms with van der Waals surface area (Å²) in [7, 11) is 1.57. The largest absolute Gasteiger partial charge is 0.465 e. The van der Waals surface area contributed by atoms with Crippen molar-refractivity contribution in [2.24, 2.45) is 4.99 Å². The standard InChI is InChI=1S/C19H20ClN5O4/c1-4-29-14(26)10-24-17(27)15-16(22(3)19(24)28)21-18-23(15)9-11(2)25(18)13-7-5-6-12(20)8-13/h5-9,15-16H,4,10H2,1-3H3. The number of carbonyl (C=O) groups is 3. The fraction of sp³-hybridized carbons (Fsp3) is 0.368. The molecule has 0 N–H and O–H groups in total. The molecule has 29 heavy (non-hydrogen) atoms. The first-order valence-corrected chi connectivity index (χ1v) is 9.55. The van der Waals surface area contributed by atoms with E-state index in [1.807, 2.05) is 30.2 Å². The minimum atomic E-state index is -0.749. The van der Waals surface area contributed by atoms with Crippen LogP contribution in [-0.4, -0.2) is 71.0 Å². The minimum absolute atomic E-state index is 0.173. The van der Waals surface area contributed by atoms with Gasteiger partial charge in [0.25, 0.3) is 5.91 Å². The number of allylic oxidation sites excluding steroid dienone is 1. The summed E-state index contributed by atoms with van der Waals surface area (Å²) in [5.41, 5.74) is 1.66. The summed E-state index contributed by atoms with van der Waals surface area (Å²) in [5, 5.41) is 0.578. The number of guanidine groups is 1. The average Bonchev–Trinajstić information content (AvgIpc) is 3.18. The highest BCUT2D eigenvalue weighted by Crippen LogP contribution is 2.37. The number of anilines is 1. The number of benzene rings is 1. The van der Waals surface area contributed by atoms with E-state index in [4.69, 9.17) is 16.3 Å². The summed E-state index contributed by atoms with van der Waals surface area (Å²) in [4.78, 5) is 48.3. The van der Waals surface area contributed by atoms with E-state index < -0.39 is 36.7 Å². The number of ether oxygens (including phenoxy) is 1. The number of halogens is 1. The molecule has 3 heterocycles. The van der Waals surface area contributed by atoms with Crippen molar-refractivity contribution >= 4 is 41.2 Å². The number of hydrogen-bond donors (Lipinski definition) is 0. The van der Waals surface area contributed by atoms with Crippen LogP contribution in [0.2, 0.25) is 5.02 Å². The second-order valence-corrected chi connectivity index (χ2v) is 7.34. The minimum Gasteiger partial charge on any atom is -0.465 e. The molecular weight excluding hydrogens is 398 g/mol. The Morgan fingerprint density at radius 1 is 1.31 bits per heavy atom. The number of hydrogen-bond acceptors (Lipinski definition) is 7. The fourth-order valence-corrected chi connectivity index (χ4v) is 3.95. The van der Waals surface area contributed by atoms with Crippen LogP contribution in [-0.2, 0) is 14.3 Å². The van der Waals surface area contributed by atoms with Gasteiger partial charge in [0.05, 0.1) is 12.3 Å². The third-order valence-electron chi connectivity index (χ3n) is 5.05. The maximum atomic E-state index is 13.1. The van der Waals surface area contributed by atoms with E-state index >= 15 is 0 Å². The number of nitrogens with zero attached hydrogens (tertiary/aromatic N) is 5. The molecule has 4 rings (SSSR count). The van der Waals surface area contributed by atoms with Crippen LogP contribution in [0.4, 0.5) is 10.5 Å². The summed E-state index contributed by atoms with van der Waals surface area (Å²) in [5.74, 6) is -0.582. The van der Waals surface area contributed by atoms with Crippen molar-refractivity contribution < 1.29 is 19.1 Å². The maximum Gasteiger partial charge on any atom is 0.328 e. The predicted molar refractivity (Wildman–Crippen MR) is 106 cm³/mol. The summed E-state index contributed by atoms with van der Waals surface area (Å²) in [6.07, 6.45) is 1.13. The highest BCUT2D eigenvalue weighted by Gasteiger charge is 2.54. The van der Waals surface area contributed by atoms with Crippen LogP contribution in [0, 0.1) is 0 Å². The number of fused-ring (bicyclic) bond motifs is 3. The predicted octanol–water partition coefficient (Wildman–Crippen LogP) is 1.84. The molecular formula is C19H20ClN5O4. The highest BCUT2D eigenvalue weighted by atomic mass is 35.5. The Hall–Kier alpha value is -3.07. The maximum absolute atomic E-state index is 13.1. The van der Waals surface area contributed by atoms with Gasteiger partial charge in [-0.2, -0.15) is 0 Å². The van der Waals surface area contributed by atoms with Gasteiger partial charge in [-0.1, -0.05) is 17.7 Å². The molecule has 2 unspecified atom stereocenters. The van der Waals surface area contributed by atoms with Crippen molar-refractivity contribution in [1.82, 2.24) is 14.7 Å². The highest BCUT2D eigenvalue weighted by molar-refractivity contribution is 6.31. The zero-order chi connectivity index (χ0) is 20.9. The van der Waals surface area contributed by atoms with E-state index in [1.54, 1.807) is 31.0 Å². The summed E-state index contributed by atoms with van der Waals surface area (Å²) in [6.45, 7) is 3.31. The number of imide groups is 1. The Balaban J connectivity index is 1.66. The van der Waals surface area contributed by atoms with Gasteiger partial charge in [0.15, 0.2) is 12.2 Å². The van der Waals surface area contributed by atoms with E-state index in [9.17, 15) is 14.4 Å². The van der Waals surface area contributed by atoms with Crippen LogP contribution < -0.4 is 4.90 Å². The monoisotopic (exact) mass is 417 g/mol. The third-order valence-corrected chi connectivity index (χ3v) is 5.28. The first kappa shape index (κ1) is 19.3. The number of likely N-dealkylation sites (N-methyl/N-ethyl adjacent to an activating group) is 1. The molecule has 1 fully saturated rings. The van der Waals surface area contributed by atoms with Crippen LogP contribution >= 0.6 is 11.6 Å². The second kappa shape index (κ2) is 7.07. The number of esters is 1. The zero-order valence-corrected chi connectivity index (χ0v) is 17.0. The molecule has 0 spiro atoms. The van der Waals surface area contributed by atoms with Gasteiger partial charge < -0.3 is 14.5 Å². The lowest BCUT2D eigenvalue weighted by atomic mass is 10.1.